The van der Waals surface area contributed by atoms with Crippen molar-refractivity contribution in [3.05, 3.63) is 70.0 Å². The van der Waals surface area contributed by atoms with Gasteiger partial charge in [0.2, 0.25) is 5.95 Å². The van der Waals surface area contributed by atoms with Gasteiger partial charge in [0, 0.05) is 33.8 Å². The monoisotopic (exact) mass is 537 g/mol. The van der Waals surface area contributed by atoms with E-state index in [1.165, 1.54) is 49.6 Å². The molecule has 0 radical (unpaired) electrons. The molecule has 2 aromatic carbocycles. The molecule has 36 heavy (non-hydrogen) atoms. The fraction of sp³-hybridized carbons (Fsp3) is 0.321. The van der Waals surface area contributed by atoms with Gasteiger partial charge in [0.1, 0.15) is 5.82 Å². The van der Waals surface area contributed by atoms with Crippen molar-refractivity contribution >= 4 is 57.8 Å². The third-order valence-electron chi connectivity index (χ3n) is 6.66. The summed E-state index contributed by atoms with van der Waals surface area (Å²) >= 11 is 13.8. The molecule has 1 aliphatic carbocycles. The van der Waals surface area contributed by atoms with E-state index >= 15 is 0 Å². The van der Waals surface area contributed by atoms with E-state index in [1.807, 2.05) is 31.3 Å². The summed E-state index contributed by atoms with van der Waals surface area (Å²) in [6.45, 7) is 4.20. The molecule has 1 fully saturated rings. The third kappa shape index (κ3) is 5.56. The Balaban J connectivity index is 1.38. The first-order valence-electron chi connectivity index (χ1n) is 12.4. The number of aryl methyl sites for hydroxylation is 2. The van der Waals surface area contributed by atoms with Crippen LogP contribution in [0.2, 0.25) is 10.0 Å². The average Bonchev–Trinajstić information content (AvgIpc) is 2.89. The van der Waals surface area contributed by atoms with E-state index in [1.54, 1.807) is 6.07 Å². The molecule has 2 N–H and O–H groups in total. The van der Waals surface area contributed by atoms with E-state index in [2.05, 4.69) is 40.1 Å². The van der Waals surface area contributed by atoms with Crippen LogP contribution in [0.1, 0.15) is 50.3 Å². The number of halogens is 2. The largest absolute Gasteiger partial charge is 0.351 e. The van der Waals surface area contributed by atoms with Gasteiger partial charge in [0.15, 0.2) is 0 Å². The Bertz CT molecular complexity index is 1390. The number of nitrogens with one attached hydrogen (secondary N) is 2. The van der Waals surface area contributed by atoms with Crippen molar-refractivity contribution in [2.24, 2.45) is 0 Å². The van der Waals surface area contributed by atoms with Crippen LogP contribution in [0.3, 0.4) is 0 Å². The molecule has 2 heterocycles. The molecule has 5 rings (SSSR count). The van der Waals surface area contributed by atoms with Gasteiger partial charge in [-0.25, -0.2) is 15.0 Å². The molecule has 0 spiro atoms. The van der Waals surface area contributed by atoms with Crippen LogP contribution in [0.4, 0.5) is 11.8 Å². The highest BCUT2D eigenvalue weighted by atomic mass is 35.5. The van der Waals surface area contributed by atoms with E-state index in [4.69, 9.17) is 33.2 Å². The molecule has 2 aromatic heterocycles. The molecule has 186 valence electrons. The van der Waals surface area contributed by atoms with Gasteiger partial charge in [-0.05, 0) is 85.7 Å². The van der Waals surface area contributed by atoms with Crippen LogP contribution in [0.5, 0.6) is 0 Å². The molecule has 0 amide bonds. The lowest BCUT2D eigenvalue weighted by atomic mass is 9.96. The second-order valence-electron chi connectivity index (χ2n) is 9.19. The van der Waals surface area contributed by atoms with Crippen molar-refractivity contribution in [1.82, 2.24) is 15.0 Å². The average molecular weight is 539 g/mol. The summed E-state index contributed by atoms with van der Waals surface area (Å²) in [5.74, 6) is 1.50. The lowest BCUT2D eigenvalue weighted by molar-refractivity contribution is 0.461. The van der Waals surface area contributed by atoms with E-state index in [9.17, 15) is 0 Å². The molecule has 8 heteroatoms. The maximum absolute atomic E-state index is 6.30. The highest BCUT2D eigenvalue weighted by molar-refractivity contribution is 8.00. The van der Waals surface area contributed by atoms with Crippen molar-refractivity contribution in [3.8, 4) is 11.1 Å². The van der Waals surface area contributed by atoms with E-state index in [-0.39, 0.29) is 0 Å². The maximum Gasteiger partial charge on any atom is 0.223 e. The second-order valence-corrected chi connectivity index (χ2v) is 10.8. The SMILES string of the molecule is CCc1cc(-c2ccc(NSc3cccc(Cl)c3Cl)nc2C)cc2cnc(NC3CCCCC3)nc12. The van der Waals surface area contributed by atoms with Crippen LogP contribution < -0.4 is 10.0 Å². The number of fused-ring (bicyclic) bond motifs is 1. The smallest absolute Gasteiger partial charge is 0.223 e. The van der Waals surface area contributed by atoms with Crippen LogP contribution in [0.15, 0.2) is 53.6 Å². The Labute approximate surface area is 226 Å². The summed E-state index contributed by atoms with van der Waals surface area (Å²) in [6.07, 6.45) is 9.13. The summed E-state index contributed by atoms with van der Waals surface area (Å²) in [5.41, 5.74) is 5.39. The quantitative estimate of drug-likeness (QED) is 0.230. The first-order chi connectivity index (χ1) is 17.5. The van der Waals surface area contributed by atoms with Crippen molar-refractivity contribution in [2.45, 2.75) is 63.3 Å². The predicted molar refractivity (Wildman–Crippen MR) is 153 cm³/mol. The molecule has 1 saturated carbocycles. The van der Waals surface area contributed by atoms with Gasteiger partial charge in [-0.3, -0.25) is 0 Å². The topological polar surface area (TPSA) is 62.7 Å². The number of hydrogen-bond donors (Lipinski definition) is 2. The number of rotatable bonds is 7. The highest BCUT2D eigenvalue weighted by Crippen LogP contribution is 2.34. The number of pyridine rings is 1. The molecular formula is C28H29Cl2N5S. The Morgan fingerprint density at radius 3 is 2.64 bits per heavy atom. The highest BCUT2D eigenvalue weighted by Gasteiger charge is 2.16. The van der Waals surface area contributed by atoms with Crippen molar-refractivity contribution in [1.29, 1.82) is 0 Å². The molecule has 0 unspecified atom stereocenters. The molecule has 0 aliphatic heterocycles. The van der Waals surface area contributed by atoms with Gasteiger partial charge in [-0.1, -0.05) is 55.5 Å². The summed E-state index contributed by atoms with van der Waals surface area (Å²) in [5, 5.41) is 5.68. The van der Waals surface area contributed by atoms with Crippen LogP contribution in [0.25, 0.3) is 22.0 Å². The molecule has 0 atom stereocenters. The van der Waals surface area contributed by atoms with Crippen LogP contribution >= 0.6 is 35.1 Å². The molecule has 1 aliphatic rings. The maximum atomic E-state index is 6.30. The summed E-state index contributed by atoms with van der Waals surface area (Å²) < 4.78 is 3.28. The normalized spacial score (nSPS) is 14.2. The summed E-state index contributed by atoms with van der Waals surface area (Å²) in [7, 11) is 0. The van der Waals surface area contributed by atoms with Crippen LogP contribution in [0, 0.1) is 6.92 Å². The van der Waals surface area contributed by atoms with E-state index in [0.717, 1.165) is 50.8 Å². The van der Waals surface area contributed by atoms with Gasteiger partial charge in [-0.15, -0.1) is 0 Å². The Kier molecular flexibility index (Phi) is 7.85. The number of nitrogens with zero attached hydrogens (tertiary/aromatic N) is 3. The molecule has 0 bridgehead atoms. The fourth-order valence-corrected chi connectivity index (χ4v) is 5.88. The zero-order valence-electron chi connectivity index (χ0n) is 20.4. The molecule has 5 nitrogen and oxygen atoms in total. The Morgan fingerprint density at radius 1 is 1.03 bits per heavy atom. The van der Waals surface area contributed by atoms with Crippen molar-refractivity contribution in [3.63, 3.8) is 0 Å². The zero-order chi connectivity index (χ0) is 25.1. The molecule has 0 saturated heterocycles. The standard InChI is InChI=1S/C28H29Cl2N5S/c1-3-18-14-19(15-20-16-31-28(34-27(18)20)33-21-8-5-4-6-9-21)22-12-13-25(32-17(22)2)35-36-24-11-7-10-23(29)26(24)30/h7,10-16,21H,3-6,8-9H2,1-2H3,(H,32,35)(H,31,33,34). The third-order valence-corrected chi connectivity index (χ3v) is 8.46. The van der Waals surface area contributed by atoms with Gasteiger partial charge >= 0.3 is 0 Å². The van der Waals surface area contributed by atoms with Gasteiger partial charge in [0.25, 0.3) is 0 Å². The van der Waals surface area contributed by atoms with E-state index in [0.29, 0.717) is 16.1 Å². The zero-order valence-corrected chi connectivity index (χ0v) is 22.8. The molecular weight excluding hydrogens is 509 g/mol. The minimum Gasteiger partial charge on any atom is -0.351 e. The van der Waals surface area contributed by atoms with Crippen molar-refractivity contribution in [2.75, 3.05) is 10.0 Å². The summed E-state index contributed by atoms with van der Waals surface area (Å²) in [4.78, 5) is 15.2. The van der Waals surface area contributed by atoms with Gasteiger partial charge in [-0.2, -0.15) is 0 Å². The number of anilines is 2. The lowest BCUT2D eigenvalue weighted by Gasteiger charge is -2.22. The second kappa shape index (κ2) is 11.2. The van der Waals surface area contributed by atoms with Gasteiger partial charge in [0.05, 0.1) is 15.6 Å². The predicted octanol–water partition coefficient (Wildman–Crippen LogP) is 8.73. The first-order valence-corrected chi connectivity index (χ1v) is 14.0. The number of hydrogen-bond acceptors (Lipinski definition) is 6. The Morgan fingerprint density at radius 2 is 1.86 bits per heavy atom. The minimum atomic E-state index is 0.481. The lowest BCUT2D eigenvalue weighted by Crippen LogP contribution is -2.23. The van der Waals surface area contributed by atoms with Crippen LogP contribution in [-0.4, -0.2) is 21.0 Å². The summed E-state index contributed by atoms with van der Waals surface area (Å²) in [6, 6.07) is 14.5. The first kappa shape index (κ1) is 25.1. The van der Waals surface area contributed by atoms with Crippen molar-refractivity contribution < 1.29 is 0 Å². The molecule has 4 aromatic rings. The Hall–Kier alpha value is -2.54. The van der Waals surface area contributed by atoms with E-state index < -0.39 is 0 Å². The number of aromatic nitrogens is 3. The fourth-order valence-electron chi connectivity index (χ4n) is 4.74. The van der Waals surface area contributed by atoms with Gasteiger partial charge < -0.3 is 10.0 Å². The minimum absolute atomic E-state index is 0.481. The number of benzene rings is 2. The van der Waals surface area contributed by atoms with Crippen LogP contribution in [-0.2, 0) is 6.42 Å².